The summed E-state index contributed by atoms with van der Waals surface area (Å²) in [6.45, 7) is 0. The lowest BCUT2D eigenvalue weighted by molar-refractivity contribution is 0.413. The predicted octanol–water partition coefficient (Wildman–Crippen LogP) is 2.33. The topological polar surface area (TPSA) is 76.4 Å². The molecule has 0 heterocycles. The van der Waals surface area contributed by atoms with Crippen LogP contribution >= 0.6 is 0 Å². The first-order chi connectivity index (χ1) is 9.55. The van der Waals surface area contributed by atoms with Crippen LogP contribution in [-0.2, 0) is 10.1 Å². The molecule has 2 aromatic rings. The lowest BCUT2D eigenvalue weighted by Crippen LogP contribution is -2.09. The van der Waals surface area contributed by atoms with Crippen LogP contribution in [0.3, 0.4) is 0 Å². The highest BCUT2D eigenvalue weighted by molar-refractivity contribution is 7.87. The van der Waals surface area contributed by atoms with E-state index in [1.807, 2.05) is 6.07 Å². The Labute approximate surface area is 117 Å². The molecule has 0 aliphatic rings. The molecule has 0 aliphatic heterocycles. The van der Waals surface area contributed by atoms with Crippen molar-refractivity contribution in [2.24, 2.45) is 0 Å². The molecule has 0 aromatic heterocycles. The van der Waals surface area contributed by atoms with Gasteiger partial charge >= 0.3 is 10.1 Å². The summed E-state index contributed by atoms with van der Waals surface area (Å²) >= 11 is 0. The molecular weight excluding hydrogens is 278 g/mol. The minimum atomic E-state index is -3.91. The Morgan fingerprint density at radius 2 is 1.50 bits per heavy atom. The number of benzene rings is 2. The Morgan fingerprint density at radius 3 is 2.00 bits per heavy atom. The van der Waals surface area contributed by atoms with Gasteiger partial charge in [0.25, 0.3) is 0 Å². The number of hydrogen-bond acceptors (Lipinski definition) is 5. The Bertz CT molecular complexity index is 728. The van der Waals surface area contributed by atoms with E-state index in [9.17, 15) is 8.42 Å². The van der Waals surface area contributed by atoms with Crippen LogP contribution < -0.4 is 8.92 Å². The number of ether oxygens (including phenoxy) is 1. The molecule has 2 rings (SSSR count). The summed E-state index contributed by atoms with van der Waals surface area (Å²) in [4.78, 5) is -0.00711. The van der Waals surface area contributed by atoms with E-state index < -0.39 is 10.1 Å². The van der Waals surface area contributed by atoms with Gasteiger partial charge in [0.05, 0.1) is 18.7 Å². The zero-order valence-electron chi connectivity index (χ0n) is 10.6. The molecule has 0 atom stereocenters. The second-order valence-corrected chi connectivity index (χ2v) is 5.40. The summed E-state index contributed by atoms with van der Waals surface area (Å²) in [7, 11) is -2.39. The van der Waals surface area contributed by atoms with E-state index in [4.69, 9.17) is 14.2 Å². The maximum atomic E-state index is 12.0. The van der Waals surface area contributed by atoms with Crippen molar-refractivity contribution in [1.29, 1.82) is 5.26 Å². The number of hydrogen-bond donors (Lipinski definition) is 0. The molecule has 102 valence electrons. The maximum Gasteiger partial charge on any atom is 0.339 e. The normalized spacial score (nSPS) is 10.6. The number of nitrogens with zero attached hydrogens (tertiary/aromatic N) is 1. The highest BCUT2D eigenvalue weighted by atomic mass is 32.2. The summed E-state index contributed by atoms with van der Waals surface area (Å²) in [5.74, 6) is 0.795. The van der Waals surface area contributed by atoms with Crippen molar-refractivity contribution in [3.63, 3.8) is 0 Å². The third-order valence-electron chi connectivity index (χ3n) is 2.54. The number of methoxy groups -OCH3 is 1. The molecule has 2 aromatic carbocycles. The zero-order chi connectivity index (χ0) is 14.6. The van der Waals surface area contributed by atoms with Crippen molar-refractivity contribution in [2.75, 3.05) is 7.11 Å². The first-order valence-electron chi connectivity index (χ1n) is 5.64. The molecule has 0 saturated heterocycles. The molecule has 0 spiro atoms. The first kappa shape index (κ1) is 13.9. The summed E-state index contributed by atoms with van der Waals surface area (Å²) in [6, 6.07) is 13.6. The number of nitriles is 1. The molecule has 5 nitrogen and oxygen atoms in total. The molecule has 0 unspecified atom stereocenters. The van der Waals surface area contributed by atoms with Crippen molar-refractivity contribution in [2.45, 2.75) is 4.90 Å². The fourth-order valence-corrected chi connectivity index (χ4v) is 2.43. The molecule has 6 heteroatoms. The van der Waals surface area contributed by atoms with Crippen LogP contribution in [0.4, 0.5) is 0 Å². The van der Waals surface area contributed by atoms with Crippen LogP contribution in [0.1, 0.15) is 5.56 Å². The molecule has 0 radical (unpaired) electrons. The lowest BCUT2D eigenvalue weighted by atomic mass is 10.2. The zero-order valence-corrected chi connectivity index (χ0v) is 11.4. The molecule has 0 amide bonds. The predicted molar refractivity (Wildman–Crippen MR) is 72.0 cm³/mol. The van der Waals surface area contributed by atoms with Gasteiger partial charge in [-0.25, -0.2) is 0 Å². The highest BCUT2D eigenvalue weighted by Crippen LogP contribution is 2.21. The van der Waals surface area contributed by atoms with E-state index in [0.29, 0.717) is 11.3 Å². The largest absolute Gasteiger partial charge is 0.497 e. The highest BCUT2D eigenvalue weighted by Gasteiger charge is 2.16. The van der Waals surface area contributed by atoms with E-state index in [1.165, 1.54) is 43.5 Å². The molecule has 0 saturated carbocycles. The Hall–Kier alpha value is -2.52. The Balaban J connectivity index is 2.23. The molecular formula is C14H11NO4S. The van der Waals surface area contributed by atoms with Gasteiger partial charge in [-0.2, -0.15) is 13.7 Å². The Kier molecular flexibility index (Phi) is 3.91. The van der Waals surface area contributed by atoms with Gasteiger partial charge in [-0.15, -0.1) is 0 Å². The van der Waals surface area contributed by atoms with E-state index in [2.05, 4.69) is 0 Å². The average Bonchev–Trinajstić information content (AvgIpc) is 2.48. The van der Waals surface area contributed by atoms with Gasteiger partial charge < -0.3 is 8.92 Å². The van der Waals surface area contributed by atoms with Crippen molar-refractivity contribution in [1.82, 2.24) is 0 Å². The second kappa shape index (κ2) is 5.63. The second-order valence-electron chi connectivity index (χ2n) is 3.85. The van der Waals surface area contributed by atoms with E-state index in [-0.39, 0.29) is 10.6 Å². The van der Waals surface area contributed by atoms with Crippen LogP contribution in [-0.4, -0.2) is 15.5 Å². The third kappa shape index (κ3) is 3.08. The summed E-state index contributed by atoms with van der Waals surface area (Å²) in [6.07, 6.45) is 0. The summed E-state index contributed by atoms with van der Waals surface area (Å²) in [5, 5.41) is 8.67. The minimum absolute atomic E-state index is 0.00711. The fraction of sp³-hybridized carbons (Fsp3) is 0.0714. The van der Waals surface area contributed by atoms with Crippen molar-refractivity contribution in [3.8, 4) is 17.6 Å². The van der Waals surface area contributed by atoms with Gasteiger partial charge in [0.2, 0.25) is 0 Å². The van der Waals surface area contributed by atoms with Gasteiger partial charge in [-0.3, -0.25) is 0 Å². The van der Waals surface area contributed by atoms with Crippen LogP contribution in [0.5, 0.6) is 11.5 Å². The molecule has 0 bridgehead atoms. The minimum Gasteiger partial charge on any atom is -0.497 e. The van der Waals surface area contributed by atoms with Gasteiger partial charge in [0.15, 0.2) is 0 Å². The smallest absolute Gasteiger partial charge is 0.339 e. The van der Waals surface area contributed by atoms with Crippen LogP contribution in [0, 0.1) is 11.3 Å². The number of rotatable bonds is 4. The van der Waals surface area contributed by atoms with Gasteiger partial charge in [-0.05, 0) is 48.5 Å². The van der Waals surface area contributed by atoms with E-state index in [0.717, 1.165) is 0 Å². The fourth-order valence-electron chi connectivity index (χ4n) is 1.50. The molecule has 0 N–H and O–H groups in total. The Morgan fingerprint density at radius 1 is 0.950 bits per heavy atom. The van der Waals surface area contributed by atoms with E-state index in [1.54, 1.807) is 12.1 Å². The van der Waals surface area contributed by atoms with Crippen LogP contribution in [0.2, 0.25) is 0 Å². The summed E-state index contributed by atoms with van der Waals surface area (Å²) < 4.78 is 34.0. The third-order valence-corrected chi connectivity index (χ3v) is 3.80. The van der Waals surface area contributed by atoms with Gasteiger partial charge in [-0.1, -0.05) is 0 Å². The van der Waals surface area contributed by atoms with Gasteiger partial charge in [0.1, 0.15) is 16.4 Å². The quantitative estimate of drug-likeness (QED) is 0.807. The van der Waals surface area contributed by atoms with Crippen molar-refractivity contribution < 1.29 is 17.3 Å². The lowest BCUT2D eigenvalue weighted by Gasteiger charge is -2.07. The van der Waals surface area contributed by atoms with Gasteiger partial charge in [0, 0.05) is 0 Å². The first-order valence-corrected chi connectivity index (χ1v) is 7.05. The van der Waals surface area contributed by atoms with Crippen molar-refractivity contribution >= 4 is 10.1 Å². The summed E-state index contributed by atoms with van der Waals surface area (Å²) in [5.41, 5.74) is 0.383. The molecule has 0 aliphatic carbocycles. The molecule has 0 fully saturated rings. The van der Waals surface area contributed by atoms with Crippen molar-refractivity contribution in [3.05, 3.63) is 54.1 Å². The monoisotopic (exact) mass is 289 g/mol. The van der Waals surface area contributed by atoms with Crippen LogP contribution in [0.25, 0.3) is 0 Å². The van der Waals surface area contributed by atoms with E-state index >= 15 is 0 Å². The average molecular weight is 289 g/mol. The molecule has 20 heavy (non-hydrogen) atoms. The SMILES string of the molecule is COc1ccc(OS(=O)(=O)c2ccc(C#N)cc2)cc1. The van der Waals surface area contributed by atoms with Crippen LogP contribution in [0.15, 0.2) is 53.4 Å². The standard InChI is InChI=1S/C14H11NO4S/c1-18-12-4-6-13(7-5-12)19-20(16,17)14-8-2-11(10-15)3-9-14/h2-9H,1H3. The maximum absolute atomic E-state index is 12.0.